The Morgan fingerprint density at radius 2 is 2.11 bits per heavy atom. The van der Waals surface area contributed by atoms with Gasteiger partial charge in [0.25, 0.3) is 11.1 Å². The van der Waals surface area contributed by atoms with Crippen molar-refractivity contribution in [1.82, 2.24) is 4.90 Å². The minimum atomic E-state index is -0.388. The molecule has 1 fully saturated rings. The first-order chi connectivity index (χ1) is 8.40. The van der Waals surface area contributed by atoms with Crippen molar-refractivity contribution in [3.8, 4) is 5.75 Å². The van der Waals surface area contributed by atoms with Crippen molar-refractivity contribution in [2.24, 2.45) is 0 Å². The lowest BCUT2D eigenvalue weighted by Crippen LogP contribution is -2.22. The molecule has 1 aromatic rings. The topological polar surface area (TPSA) is 57.6 Å². The monoisotopic (exact) mass is 347 g/mol. The third-order valence-corrected chi connectivity index (χ3v) is 4.04. The van der Waals surface area contributed by atoms with Gasteiger partial charge in [-0.2, -0.15) is 0 Å². The van der Waals surface area contributed by atoms with Crippen molar-refractivity contribution >= 4 is 56.5 Å². The number of benzene rings is 1. The SMILES string of the molecule is CN1C(=O)S/C(=C/c2cc(Br)cc(Cl)c2O)C1=O. The Hall–Kier alpha value is -0.980. The smallest absolute Gasteiger partial charge is 0.293 e. The molecule has 0 aromatic heterocycles. The Morgan fingerprint density at radius 1 is 1.44 bits per heavy atom. The van der Waals surface area contributed by atoms with Crippen molar-refractivity contribution in [1.29, 1.82) is 0 Å². The lowest BCUT2D eigenvalue weighted by molar-refractivity contribution is -0.121. The van der Waals surface area contributed by atoms with E-state index in [4.69, 9.17) is 11.6 Å². The van der Waals surface area contributed by atoms with Crippen LogP contribution in [0.5, 0.6) is 5.75 Å². The highest BCUT2D eigenvalue weighted by Gasteiger charge is 2.32. The zero-order chi connectivity index (χ0) is 13.4. The second-order valence-corrected chi connectivity index (χ2v) is 5.88. The van der Waals surface area contributed by atoms with E-state index in [2.05, 4.69) is 15.9 Å². The maximum atomic E-state index is 11.7. The van der Waals surface area contributed by atoms with Gasteiger partial charge in [-0.15, -0.1) is 0 Å². The lowest BCUT2D eigenvalue weighted by Gasteiger charge is -2.04. The van der Waals surface area contributed by atoms with E-state index in [0.29, 0.717) is 10.0 Å². The van der Waals surface area contributed by atoms with Gasteiger partial charge in [0.1, 0.15) is 5.75 Å². The van der Waals surface area contributed by atoms with Crippen LogP contribution in [0.15, 0.2) is 21.5 Å². The van der Waals surface area contributed by atoms with Crippen LogP contribution in [-0.4, -0.2) is 28.2 Å². The number of phenolic OH excluding ortho intramolecular Hbond substituents is 1. The molecule has 0 aliphatic carbocycles. The Morgan fingerprint density at radius 3 is 2.67 bits per heavy atom. The van der Waals surface area contributed by atoms with Gasteiger partial charge < -0.3 is 5.11 Å². The van der Waals surface area contributed by atoms with E-state index < -0.39 is 0 Å². The molecule has 7 heteroatoms. The molecule has 0 bridgehead atoms. The van der Waals surface area contributed by atoms with E-state index in [-0.39, 0.29) is 26.8 Å². The normalized spacial score (nSPS) is 17.9. The van der Waals surface area contributed by atoms with E-state index in [1.165, 1.54) is 13.1 Å². The van der Waals surface area contributed by atoms with Gasteiger partial charge in [-0.25, -0.2) is 0 Å². The number of rotatable bonds is 1. The summed E-state index contributed by atoms with van der Waals surface area (Å²) in [6, 6.07) is 3.16. The summed E-state index contributed by atoms with van der Waals surface area (Å²) in [7, 11) is 1.41. The van der Waals surface area contributed by atoms with Crippen LogP contribution < -0.4 is 0 Å². The minimum Gasteiger partial charge on any atom is -0.506 e. The van der Waals surface area contributed by atoms with Crippen LogP contribution in [0, 0.1) is 0 Å². The average molecular weight is 349 g/mol. The number of hydrogen-bond acceptors (Lipinski definition) is 4. The number of phenols is 1. The highest BCUT2D eigenvalue weighted by molar-refractivity contribution is 9.10. The zero-order valence-electron chi connectivity index (χ0n) is 9.11. The standard InChI is InChI=1S/C11H7BrClNO3S/c1-14-10(16)8(18-11(14)17)3-5-2-6(12)4-7(13)9(5)15/h2-4,15H,1H3/b8-3+. The van der Waals surface area contributed by atoms with Crippen LogP contribution in [0.25, 0.3) is 6.08 Å². The summed E-state index contributed by atoms with van der Waals surface area (Å²) < 4.78 is 0.673. The first-order valence-corrected chi connectivity index (χ1v) is 6.78. The number of carbonyl (C=O) groups excluding carboxylic acids is 2. The first-order valence-electron chi connectivity index (χ1n) is 4.79. The Balaban J connectivity index is 2.46. The predicted octanol–water partition coefficient (Wildman–Crippen LogP) is 3.47. The molecule has 4 nitrogen and oxygen atoms in total. The van der Waals surface area contributed by atoms with Gasteiger partial charge in [0, 0.05) is 17.1 Å². The Bertz CT molecular complexity index is 588. The fraction of sp³-hybridized carbons (Fsp3) is 0.0909. The van der Waals surface area contributed by atoms with Gasteiger partial charge in [0.2, 0.25) is 0 Å². The summed E-state index contributed by atoms with van der Waals surface area (Å²) in [5.74, 6) is -0.511. The number of amides is 2. The number of aromatic hydroxyl groups is 1. The third-order valence-electron chi connectivity index (χ3n) is 2.33. The van der Waals surface area contributed by atoms with Crippen LogP contribution in [-0.2, 0) is 4.79 Å². The van der Waals surface area contributed by atoms with Crippen LogP contribution >= 0.6 is 39.3 Å². The summed E-state index contributed by atoms with van der Waals surface area (Å²) in [4.78, 5) is 24.3. The summed E-state index contributed by atoms with van der Waals surface area (Å²) in [6.45, 7) is 0. The van der Waals surface area contributed by atoms with Crippen molar-refractivity contribution in [3.63, 3.8) is 0 Å². The van der Waals surface area contributed by atoms with Crippen LogP contribution in [0.3, 0.4) is 0 Å². The fourth-order valence-corrected chi connectivity index (χ4v) is 3.03. The maximum absolute atomic E-state index is 11.7. The number of thioether (sulfide) groups is 1. The van der Waals surface area contributed by atoms with Crippen LogP contribution in [0.2, 0.25) is 5.02 Å². The quantitative estimate of drug-likeness (QED) is 0.790. The lowest BCUT2D eigenvalue weighted by atomic mass is 10.2. The first kappa shape index (κ1) is 13.5. The number of hydrogen-bond donors (Lipinski definition) is 1. The second kappa shape index (κ2) is 4.95. The van der Waals surface area contributed by atoms with Gasteiger partial charge in [-0.3, -0.25) is 14.5 Å². The molecule has 2 rings (SSSR count). The molecular formula is C11H7BrClNO3S. The van der Waals surface area contributed by atoms with Crippen LogP contribution in [0.4, 0.5) is 4.79 Å². The van der Waals surface area contributed by atoms with Crippen molar-refractivity contribution in [2.75, 3.05) is 7.05 Å². The summed E-state index contributed by atoms with van der Waals surface area (Å²) in [5, 5.41) is 9.62. The number of nitrogens with zero attached hydrogens (tertiary/aromatic N) is 1. The molecule has 94 valence electrons. The molecule has 18 heavy (non-hydrogen) atoms. The van der Waals surface area contributed by atoms with E-state index in [0.717, 1.165) is 16.7 Å². The summed E-state index contributed by atoms with van der Waals surface area (Å²) >= 11 is 9.89. The number of likely N-dealkylation sites (N-methyl/N-ethyl adjacent to an activating group) is 1. The zero-order valence-corrected chi connectivity index (χ0v) is 12.3. The molecule has 1 aliphatic heterocycles. The summed E-state index contributed by atoms with van der Waals surface area (Å²) in [6.07, 6.45) is 1.44. The van der Waals surface area contributed by atoms with Crippen molar-refractivity contribution in [3.05, 3.63) is 32.1 Å². The molecule has 1 N–H and O–H groups in total. The van der Waals surface area contributed by atoms with Crippen molar-refractivity contribution < 1.29 is 14.7 Å². The molecule has 1 saturated heterocycles. The van der Waals surface area contributed by atoms with E-state index in [9.17, 15) is 14.7 Å². The fourth-order valence-electron chi connectivity index (χ4n) is 1.38. The largest absolute Gasteiger partial charge is 0.506 e. The van der Waals surface area contributed by atoms with E-state index >= 15 is 0 Å². The molecule has 2 amide bonds. The molecule has 0 spiro atoms. The number of imide groups is 1. The highest BCUT2D eigenvalue weighted by atomic mass is 79.9. The van der Waals surface area contributed by atoms with Gasteiger partial charge in [0.15, 0.2) is 0 Å². The molecule has 0 unspecified atom stereocenters. The van der Waals surface area contributed by atoms with Gasteiger partial charge >= 0.3 is 0 Å². The van der Waals surface area contributed by atoms with Gasteiger partial charge in [-0.1, -0.05) is 27.5 Å². The second-order valence-electron chi connectivity index (χ2n) is 3.57. The highest BCUT2D eigenvalue weighted by Crippen LogP contribution is 2.36. The Labute approximate surface area is 121 Å². The van der Waals surface area contributed by atoms with Gasteiger partial charge in [-0.05, 0) is 30.0 Å². The molecule has 0 saturated carbocycles. The van der Waals surface area contributed by atoms with Crippen molar-refractivity contribution in [2.45, 2.75) is 0 Å². The predicted molar refractivity (Wildman–Crippen MR) is 74.6 cm³/mol. The average Bonchev–Trinajstić information content (AvgIpc) is 2.53. The molecule has 0 atom stereocenters. The minimum absolute atomic E-state index is 0.122. The third kappa shape index (κ3) is 2.41. The van der Waals surface area contributed by atoms with Gasteiger partial charge in [0.05, 0.1) is 9.93 Å². The van der Waals surface area contributed by atoms with E-state index in [1.807, 2.05) is 0 Å². The Kier molecular flexibility index (Phi) is 3.70. The van der Waals surface area contributed by atoms with E-state index in [1.54, 1.807) is 12.1 Å². The van der Waals surface area contributed by atoms with Crippen LogP contribution in [0.1, 0.15) is 5.56 Å². The maximum Gasteiger partial charge on any atom is 0.293 e. The number of halogens is 2. The molecule has 0 radical (unpaired) electrons. The molecule has 1 heterocycles. The summed E-state index contributed by atoms with van der Waals surface area (Å²) in [5.41, 5.74) is 0.383. The molecule has 1 aromatic carbocycles. The molecular weight excluding hydrogens is 342 g/mol. The number of carbonyl (C=O) groups is 2. The molecule has 1 aliphatic rings.